The number of piperidine rings is 1. The number of amides is 2. The predicted octanol–water partition coefficient (Wildman–Crippen LogP) is 3.11. The van der Waals surface area contributed by atoms with Crippen molar-refractivity contribution in [2.75, 3.05) is 33.7 Å². The number of carbonyl (C=O) groups is 2. The number of hydrogen-bond acceptors (Lipinski definition) is 5. The van der Waals surface area contributed by atoms with E-state index in [0.29, 0.717) is 19.6 Å². The fraction of sp³-hybridized carbons (Fsp3) is 0.684. The van der Waals surface area contributed by atoms with Crippen molar-refractivity contribution in [3.8, 4) is 0 Å². The maximum Gasteiger partial charge on any atom is 0.410 e. The summed E-state index contributed by atoms with van der Waals surface area (Å²) >= 11 is 1.66. The first-order valence-electron chi connectivity index (χ1n) is 9.11. The van der Waals surface area contributed by atoms with Crippen molar-refractivity contribution in [2.24, 2.45) is 5.92 Å². The molecule has 1 fully saturated rings. The summed E-state index contributed by atoms with van der Waals surface area (Å²) < 4.78 is 5.43. The highest BCUT2D eigenvalue weighted by Crippen LogP contribution is 2.22. The molecule has 2 amide bonds. The molecule has 1 aromatic rings. The van der Waals surface area contributed by atoms with Gasteiger partial charge in [0, 0.05) is 19.6 Å². The van der Waals surface area contributed by atoms with Gasteiger partial charge in [-0.05, 0) is 70.1 Å². The normalized spacial score (nSPS) is 19.3. The minimum atomic E-state index is -0.522. The number of likely N-dealkylation sites (N-methyl/N-ethyl adjacent to an activating group) is 1. The molecule has 2 rings (SSSR count). The molecule has 0 radical (unpaired) electrons. The van der Waals surface area contributed by atoms with Gasteiger partial charge in [0.15, 0.2) is 0 Å². The fourth-order valence-electron chi connectivity index (χ4n) is 3.09. The highest BCUT2D eigenvalue weighted by molar-refractivity contribution is 7.07. The van der Waals surface area contributed by atoms with Crippen LogP contribution in [0.2, 0.25) is 0 Å². The number of ether oxygens (including phenoxy) is 1. The van der Waals surface area contributed by atoms with E-state index in [4.69, 9.17) is 4.74 Å². The second-order valence-corrected chi connectivity index (χ2v) is 8.83. The first-order valence-corrected chi connectivity index (χ1v) is 10.1. The second kappa shape index (κ2) is 8.86. The smallest absolute Gasteiger partial charge is 0.410 e. The largest absolute Gasteiger partial charge is 0.444 e. The number of hydrogen-bond donors (Lipinski definition) is 1. The van der Waals surface area contributed by atoms with Crippen LogP contribution in [0, 0.1) is 5.92 Å². The number of nitrogens with one attached hydrogen (secondary N) is 1. The van der Waals surface area contributed by atoms with Crippen LogP contribution in [0.1, 0.15) is 45.2 Å². The molecule has 0 bridgehead atoms. The maximum absolute atomic E-state index is 12.6. The molecular weight excluding hydrogens is 350 g/mol. The molecule has 7 heteroatoms. The van der Waals surface area contributed by atoms with E-state index < -0.39 is 5.60 Å². The van der Waals surface area contributed by atoms with E-state index in [1.807, 2.05) is 40.2 Å². The van der Waals surface area contributed by atoms with Crippen LogP contribution in [0.4, 0.5) is 4.79 Å². The molecule has 26 heavy (non-hydrogen) atoms. The van der Waals surface area contributed by atoms with Crippen LogP contribution in [0.5, 0.6) is 0 Å². The van der Waals surface area contributed by atoms with E-state index in [1.54, 1.807) is 16.2 Å². The highest BCUT2D eigenvalue weighted by Gasteiger charge is 2.31. The summed E-state index contributed by atoms with van der Waals surface area (Å²) in [5.41, 5.74) is 0.686. The van der Waals surface area contributed by atoms with Crippen LogP contribution in [0.15, 0.2) is 16.8 Å². The zero-order chi connectivity index (χ0) is 19.3. The van der Waals surface area contributed by atoms with Crippen molar-refractivity contribution in [1.29, 1.82) is 0 Å². The Kier molecular flexibility index (Phi) is 7.06. The molecule has 1 N–H and O–H groups in total. The molecule has 1 aliphatic heterocycles. The van der Waals surface area contributed by atoms with Crippen molar-refractivity contribution in [3.63, 3.8) is 0 Å². The lowest BCUT2D eigenvalue weighted by molar-refractivity contribution is -0.126. The number of likely N-dealkylation sites (tertiary alicyclic amines) is 1. The first kappa shape index (κ1) is 20.7. The second-order valence-electron chi connectivity index (χ2n) is 8.05. The molecule has 2 atom stereocenters. The Morgan fingerprint density at radius 2 is 2.15 bits per heavy atom. The van der Waals surface area contributed by atoms with E-state index in [2.05, 4.69) is 21.7 Å². The molecule has 2 heterocycles. The molecule has 1 saturated heterocycles. The summed E-state index contributed by atoms with van der Waals surface area (Å²) in [6.45, 7) is 7.19. The van der Waals surface area contributed by atoms with E-state index in [9.17, 15) is 9.59 Å². The van der Waals surface area contributed by atoms with Crippen LogP contribution >= 0.6 is 11.3 Å². The van der Waals surface area contributed by atoms with Crippen molar-refractivity contribution in [1.82, 2.24) is 15.1 Å². The lowest BCUT2D eigenvalue weighted by Gasteiger charge is -2.34. The Morgan fingerprint density at radius 3 is 2.73 bits per heavy atom. The molecule has 0 aliphatic carbocycles. The van der Waals surface area contributed by atoms with Gasteiger partial charge in [-0.25, -0.2) is 4.79 Å². The van der Waals surface area contributed by atoms with E-state index in [1.165, 1.54) is 5.56 Å². The van der Waals surface area contributed by atoms with Gasteiger partial charge in [-0.2, -0.15) is 11.3 Å². The van der Waals surface area contributed by atoms with Crippen molar-refractivity contribution < 1.29 is 14.3 Å². The third-order valence-corrected chi connectivity index (χ3v) is 5.17. The van der Waals surface area contributed by atoms with Crippen LogP contribution in [0.25, 0.3) is 0 Å². The fourth-order valence-corrected chi connectivity index (χ4v) is 3.80. The molecule has 0 aromatic carbocycles. The average Bonchev–Trinajstić information content (AvgIpc) is 3.07. The number of carbonyl (C=O) groups excluding carboxylic acids is 2. The average molecular weight is 382 g/mol. The molecule has 1 aliphatic rings. The number of thiophene rings is 1. The van der Waals surface area contributed by atoms with Crippen LogP contribution in [-0.2, 0) is 9.53 Å². The lowest BCUT2D eigenvalue weighted by Crippen LogP contribution is -2.47. The quantitative estimate of drug-likeness (QED) is 0.851. The summed E-state index contributed by atoms with van der Waals surface area (Å²) in [7, 11) is 4.03. The summed E-state index contributed by atoms with van der Waals surface area (Å²) in [4.78, 5) is 28.7. The predicted molar refractivity (Wildman–Crippen MR) is 104 cm³/mol. The van der Waals surface area contributed by atoms with Gasteiger partial charge in [0.05, 0.1) is 12.0 Å². The minimum absolute atomic E-state index is 0.0142. The highest BCUT2D eigenvalue weighted by atomic mass is 32.1. The van der Waals surface area contributed by atoms with Gasteiger partial charge in [0.2, 0.25) is 5.91 Å². The molecule has 6 nitrogen and oxygen atoms in total. The molecule has 1 aromatic heterocycles. The maximum atomic E-state index is 12.6. The standard InChI is InChI=1S/C19H31N3O3S/c1-19(2,3)25-18(24)22-9-6-7-14(12-22)17(23)20-11-16(21(4)5)15-8-10-26-13-15/h8,10,13-14,16H,6-7,9,11-12H2,1-5H3,(H,20,23). The number of rotatable bonds is 5. The minimum Gasteiger partial charge on any atom is -0.444 e. The van der Waals surface area contributed by atoms with Crippen molar-refractivity contribution >= 4 is 23.3 Å². The molecule has 0 saturated carbocycles. The summed E-state index contributed by atoms with van der Waals surface area (Å²) in [6.07, 6.45) is 1.29. The van der Waals surface area contributed by atoms with E-state index in [0.717, 1.165) is 12.8 Å². The zero-order valence-corrected chi connectivity index (χ0v) is 17.3. The SMILES string of the molecule is CN(C)C(CNC(=O)C1CCCN(C(=O)OC(C)(C)C)C1)c1ccsc1. The summed E-state index contributed by atoms with van der Waals surface area (Å²) in [6, 6.07) is 2.24. The van der Waals surface area contributed by atoms with Gasteiger partial charge in [0.25, 0.3) is 0 Å². The molecule has 2 unspecified atom stereocenters. The third-order valence-electron chi connectivity index (χ3n) is 4.46. The monoisotopic (exact) mass is 381 g/mol. The van der Waals surface area contributed by atoms with Gasteiger partial charge in [-0.1, -0.05) is 0 Å². The topological polar surface area (TPSA) is 61.9 Å². The molecule has 146 valence electrons. The third kappa shape index (κ3) is 5.99. The van der Waals surface area contributed by atoms with Gasteiger partial charge in [-0.3, -0.25) is 4.79 Å². The first-order chi connectivity index (χ1) is 12.2. The summed E-state index contributed by atoms with van der Waals surface area (Å²) in [5.74, 6) is -0.165. The molecule has 0 spiro atoms. The van der Waals surface area contributed by atoms with Gasteiger partial charge < -0.3 is 19.9 Å². The van der Waals surface area contributed by atoms with Gasteiger partial charge in [-0.15, -0.1) is 0 Å². The molecular formula is C19H31N3O3S. The Bertz CT molecular complexity index is 596. The lowest BCUT2D eigenvalue weighted by atomic mass is 9.97. The van der Waals surface area contributed by atoms with Crippen LogP contribution in [0.3, 0.4) is 0 Å². The Labute approximate surface area is 160 Å². The Balaban J connectivity index is 1.89. The van der Waals surface area contributed by atoms with Gasteiger partial charge >= 0.3 is 6.09 Å². The van der Waals surface area contributed by atoms with Crippen LogP contribution < -0.4 is 5.32 Å². The van der Waals surface area contributed by atoms with E-state index in [-0.39, 0.29) is 24.0 Å². The Morgan fingerprint density at radius 1 is 1.42 bits per heavy atom. The Hall–Kier alpha value is -1.60. The van der Waals surface area contributed by atoms with Gasteiger partial charge in [0.1, 0.15) is 5.60 Å². The van der Waals surface area contributed by atoms with Crippen molar-refractivity contribution in [3.05, 3.63) is 22.4 Å². The number of nitrogens with zero attached hydrogens (tertiary/aromatic N) is 2. The zero-order valence-electron chi connectivity index (χ0n) is 16.4. The van der Waals surface area contributed by atoms with Crippen LogP contribution in [-0.4, -0.2) is 61.1 Å². The van der Waals surface area contributed by atoms with Crippen molar-refractivity contribution in [2.45, 2.75) is 45.3 Å². The summed E-state index contributed by atoms with van der Waals surface area (Å²) in [5, 5.41) is 7.24. The van der Waals surface area contributed by atoms with E-state index >= 15 is 0 Å².